The highest BCUT2D eigenvalue weighted by molar-refractivity contribution is 6.16. The van der Waals surface area contributed by atoms with Gasteiger partial charge in [0.1, 0.15) is 5.60 Å². The number of carbonyl (C=O) groups is 2. The molecule has 30 heavy (non-hydrogen) atoms. The predicted molar refractivity (Wildman–Crippen MR) is 117 cm³/mol. The van der Waals surface area contributed by atoms with E-state index in [9.17, 15) is 9.59 Å². The Morgan fingerprint density at radius 3 is 2.70 bits per heavy atom. The summed E-state index contributed by atoms with van der Waals surface area (Å²) in [6, 6.07) is 13.3. The molecule has 0 saturated heterocycles. The van der Waals surface area contributed by atoms with Crippen molar-refractivity contribution >= 4 is 22.6 Å². The first-order chi connectivity index (χ1) is 14.2. The van der Waals surface area contributed by atoms with Crippen molar-refractivity contribution in [2.75, 3.05) is 0 Å². The van der Waals surface area contributed by atoms with Crippen LogP contribution in [-0.4, -0.2) is 22.5 Å². The van der Waals surface area contributed by atoms with Gasteiger partial charge in [0.2, 0.25) is 0 Å². The van der Waals surface area contributed by atoms with Gasteiger partial charge in [0.25, 0.3) is 0 Å². The number of pyridine rings is 1. The Labute approximate surface area is 176 Å². The van der Waals surface area contributed by atoms with Crippen LogP contribution in [0.3, 0.4) is 0 Å². The number of fused-ring (bicyclic) bond motifs is 2. The summed E-state index contributed by atoms with van der Waals surface area (Å²) in [5.74, 6) is -0.0108. The third-order valence-corrected chi connectivity index (χ3v) is 5.56. The highest BCUT2D eigenvalue weighted by Gasteiger charge is 2.37. The van der Waals surface area contributed by atoms with Gasteiger partial charge < -0.3 is 10.1 Å². The van der Waals surface area contributed by atoms with Crippen LogP contribution in [0.25, 0.3) is 10.8 Å². The summed E-state index contributed by atoms with van der Waals surface area (Å²) in [5.41, 5.74) is 2.38. The van der Waals surface area contributed by atoms with E-state index < -0.39 is 17.2 Å². The second kappa shape index (κ2) is 7.24. The smallest absolute Gasteiger partial charge is 0.408 e. The maximum absolute atomic E-state index is 13.2. The Bertz CT molecular complexity index is 1140. The van der Waals surface area contributed by atoms with E-state index in [4.69, 9.17) is 4.74 Å². The first-order valence-corrected chi connectivity index (χ1v) is 10.2. The maximum atomic E-state index is 13.2. The molecule has 0 bridgehead atoms. The van der Waals surface area contributed by atoms with Crippen molar-refractivity contribution in [2.45, 2.75) is 51.7 Å². The molecule has 0 spiro atoms. The third kappa shape index (κ3) is 3.80. The molecule has 1 heterocycles. The fourth-order valence-corrected chi connectivity index (χ4v) is 4.13. The number of aryl methyl sites for hydroxylation is 1. The number of carbonyl (C=O) groups excluding carboxylic acids is 2. The highest BCUT2D eigenvalue weighted by atomic mass is 16.6. The van der Waals surface area contributed by atoms with Crippen molar-refractivity contribution in [3.05, 3.63) is 77.1 Å². The second-order valence-electron chi connectivity index (χ2n) is 9.06. The van der Waals surface area contributed by atoms with Crippen molar-refractivity contribution < 1.29 is 14.3 Å². The van der Waals surface area contributed by atoms with Gasteiger partial charge in [-0.3, -0.25) is 9.78 Å². The third-order valence-electron chi connectivity index (χ3n) is 5.56. The molecule has 154 valence electrons. The van der Waals surface area contributed by atoms with E-state index in [0.717, 1.165) is 34.7 Å². The number of benzene rings is 2. The van der Waals surface area contributed by atoms with Gasteiger partial charge >= 0.3 is 6.09 Å². The van der Waals surface area contributed by atoms with Gasteiger partial charge in [-0.05, 0) is 69.2 Å². The summed E-state index contributed by atoms with van der Waals surface area (Å²) in [4.78, 5) is 29.7. The lowest BCUT2D eigenvalue weighted by atomic mass is 9.91. The minimum Gasteiger partial charge on any atom is -0.444 e. The van der Waals surface area contributed by atoms with Gasteiger partial charge in [0.05, 0.1) is 5.54 Å². The molecule has 2 aromatic carbocycles. The first kappa shape index (κ1) is 20.1. The Morgan fingerprint density at radius 2 is 1.93 bits per heavy atom. The number of hydrogen-bond acceptors (Lipinski definition) is 4. The second-order valence-corrected chi connectivity index (χ2v) is 9.06. The van der Waals surface area contributed by atoms with Gasteiger partial charge in [0.15, 0.2) is 5.78 Å². The van der Waals surface area contributed by atoms with Gasteiger partial charge in [-0.15, -0.1) is 0 Å². The Kier molecular flexibility index (Phi) is 4.85. The molecule has 1 amide bonds. The van der Waals surface area contributed by atoms with Gasteiger partial charge in [0, 0.05) is 28.9 Å². The molecular weight excluding hydrogens is 376 g/mol. The van der Waals surface area contributed by atoms with Crippen molar-refractivity contribution in [1.29, 1.82) is 0 Å². The van der Waals surface area contributed by atoms with Crippen LogP contribution >= 0.6 is 0 Å². The quantitative estimate of drug-likeness (QED) is 0.615. The lowest BCUT2D eigenvalue weighted by Crippen LogP contribution is -2.44. The lowest BCUT2D eigenvalue weighted by molar-refractivity contribution is 0.0461. The molecule has 1 N–H and O–H groups in total. The van der Waals surface area contributed by atoms with Gasteiger partial charge in [-0.25, -0.2) is 4.79 Å². The number of amides is 1. The van der Waals surface area contributed by atoms with Crippen LogP contribution in [0, 0.1) is 0 Å². The van der Waals surface area contributed by atoms with E-state index in [1.54, 1.807) is 12.4 Å². The van der Waals surface area contributed by atoms with Crippen LogP contribution in [0.15, 0.2) is 54.9 Å². The number of ether oxygens (including phenoxy) is 1. The molecule has 4 rings (SSSR count). The number of rotatable bonds is 3. The Hall–Kier alpha value is -3.21. The molecule has 1 aromatic heterocycles. The Balaban J connectivity index is 1.62. The molecule has 0 radical (unpaired) electrons. The monoisotopic (exact) mass is 402 g/mol. The van der Waals surface area contributed by atoms with Crippen LogP contribution in [0.5, 0.6) is 0 Å². The van der Waals surface area contributed by atoms with Crippen molar-refractivity contribution in [2.24, 2.45) is 0 Å². The zero-order valence-corrected chi connectivity index (χ0v) is 17.8. The molecule has 0 aliphatic heterocycles. The fourth-order valence-electron chi connectivity index (χ4n) is 4.13. The van der Waals surface area contributed by atoms with Gasteiger partial charge in [-0.2, -0.15) is 0 Å². The van der Waals surface area contributed by atoms with E-state index in [1.165, 1.54) is 0 Å². The predicted octanol–water partition coefficient (Wildman–Crippen LogP) is 5.15. The minimum absolute atomic E-state index is 0.0108. The molecule has 3 aromatic rings. The first-order valence-electron chi connectivity index (χ1n) is 10.2. The number of nitrogens with one attached hydrogen (secondary N) is 1. The number of nitrogens with zero attached hydrogens (tertiary/aromatic N) is 1. The molecule has 1 atom stereocenters. The van der Waals surface area contributed by atoms with Crippen LogP contribution in [0.1, 0.15) is 61.2 Å². The minimum atomic E-state index is -0.549. The van der Waals surface area contributed by atoms with E-state index in [1.807, 2.05) is 70.2 Å². The summed E-state index contributed by atoms with van der Waals surface area (Å²) in [7, 11) is 0. The zero-order chi connectivity index (χ0) is 21.5. The molecule has 0 fully saturated rings. The topological polar surface area (TPSA) is 68.3 Å². The van der Waals surface area contributed by atoms with Crippen LogP contribution in [-0.2, 0) is 16.7 Å². The van der Waals surface area contributed by atoms with E-state index in [0.29, 0.717) is 11.1 Å². The van der Waals surface area contributed by atoms with Gasteiger partial charge in [-0.1, -0.05) is 30.3 Å². The summed E-state index contributed by atoms with van der Waals surface area (Å²) in [5, 5.41) is 4.86. The normalized spacial score (nSPS) is 18.1. The average Bonchev–Trinajstić information content (AvgIpc) is 3.01. The van der Waals surface area contributed by atoms with E-state index in [2.05, 4.69) is 10.3 Å². The zero-order valence-electron chi connectivity index (χ0n) is 17.8. The SMILES string of the molecule is CC(C)(C)OC(=O)NC1(C)CCc2cc(C(=O)c3cccc4cnccc34)ccc21. The molecule has 5 heteroatoms. The molecule has 1 unspecified atom stereocenters. The molecule has 1 aliphatic rings. The maximum Gasteiger partial charge on any atom is 0.408 e. The van der Waals surface area contributed by atoms with E-state index >= 15 is 0 Å². The summed E-state index contributed by atoms with van der Waals surface area (Å²) < 4.78 is 5.43. The van der Waals surface area contributed by atoms with Crippen LogP contribution in [0.2, 0.25) is 0 Å². The summed E-state index contributed by atoms with van der Waals surface area (Å²) in [6.07, 6.45) is 4.60. The summed E-state index contributed by atoms with van der Waals surface area (Å²) >= 11 is 0. The van der Waals surface area contributed by atoms with E-state index in [-0.39, 0.29) is 5.78 Å². The van der Waals surface area contributed by atoms with Crippen LogP contribution in [0.4, 0.5) is 4.79 Å². The van der Waals surface area contributed by atoms with Crippen molar-refractivity contribution in [1.82, 2.24) is 10.3 Å². The molecular formula is C25H26N2O3. The van der Waals surface area contributed by atoms with Crippen molar-refractivity contribution in [3.63, 3.8) is 0 Å². The standard InChI is InChI=1S/C25H26N2O3/c1-24(2,3)30-23(29)27-25(4)12-10-16-14-17(8-9-21(16)25)22(28)20-7-5-6-18-15-26-13-11-19(18)20/h5-9,11,13-15H,10,12H2,1-4H3,(H,27,29). The van der Waals surface area contributed by atoms with Crippen molar-refractivity contribution in [3.8, 4) is 0 Å². The Morgan fingerprint density at radius 1 is 1.13 bits per heavy atom. The summed E-state index contributed by atoms with van der Waals surface area (Å²) in [6.45, 7) is 7.54. The van der Waals surface area contributed by atoms with Crippen LogP contribution < -0.4 is 5.32 Å². The highest BCUT2D eigenvalue weighted by Crippen LogP contribution is 2.37. The lowest BCUT2D eigenvalue weighted by Gasteiger charge is -2.29. The average molecular weight is 402 g/mol. The molecule has 5 nitrogen and oxygen atoms in total. The molecule has 1 aliphatic carbocycles. The number of ketones is 1. The number of alkyl carbamates (subject to hydrolysis) is 1. The fraction of sp³-hybridized carbons (Fsp3) is 0.320. The largest absolute Gasteiger partial charge is 0.444 e. The number of aromatic nitrogens is 1. The number of hydrogen-bond donors (Lipinski definition) is 1. The molecule has 0 saturated carbocycles.